The first-order valence-corrected chi connectivity index (χ1v) is 6.94. The zero-order valence-corrected chi connectivity index (χ0v) is 9.96. The SMILES string of the molecule is O=C1CCc2cc(S(=O)(=O)CCO)ccc2N1. The molecule has 2 rings (SSSR count). The Morgan fingerprint density at radius 1 is 1.29 bits per heavy atom. The molecule has 17 heavy (non-hydrogen) atoms. The zero-order valence-electron chi connectivity index (χ0n) is 9.14. The Hall–Kier alpha value is -1.40. The third-order valence-electron chi connectivity index (χ3n) is 2.69. The lowest BCUT2D eigenvalue weighted by molar-refractivity contribution is -0.116. The number of rotatable bonds is 3. The van der Waals surface area contributed by atoms with Crippen LogP contribution in [0.1, 0.15) is 12.0 Å². The van der Waals surface area contributed by atoms with Crippen LogP contribution in [0.2, 0.25) is 0 Å². The fourth-order valence-corrected chi connectivity index (χ4v) is 2.86. The normalized spacial score (nSPS) is 15.2. The molecule has 0 saturated heterocycles. The minimum atomic E-state index is -3.42. The molecule has 5 nitrogen and oxygen atoms in total. The van der Waals surface area contributed by atoms with Gasteiger partial charge in [0.05, 0.1) is 17.3 Å². The molecule has 92 valence electrons. The van der Waals surface area contributed by atoms with Gasteiger partial charge in [0, 0.05) is 12.1 Å². The van der Waals surface area contributed by atoms with E-state index < -0.39 is 16.4 Å². The molecule has 0 aliphatic carbocycles. The summed E-state index contributed by atoms with van der Waals surface area (Å²) in [4.78, 5) is 11.3. The fraction of sp³-hybridized carbons (Fsp3) is 0.364. The monoisotopic (exact) mass is 255 g/mol. The summed E-state index contributed by atoms with van der Waals surface area (Å²) in [6, 6.07) is 4.62. The summed E-state index contributed by atoms with van der Waals surface area (Å²) in [6.45, 7) is -0.393. The molecule has 0 saturated carbocycles. The van der Waals surface area contributed by atoms with Gasteiger partial charge >= 0.3 is 0 Å². The quantitative estimate of drug-likeness (QED) is 0.815. The average molecular weight is 255 g/mol. The van der Waals surface area contributed by atoms with Gasteiger partial charge in [-0.2, -0.15) is 0 Å². The number of anilines is 1. The van der Waals surface area contributed by atoms with Gasteiger partial charge in [0.2, 0.25) is 5.91 Å². The molecule has 0 aromatic heterocycles. The molecule has 2 N–H and O–H groups in total. The zero-order chi connectivity index (χ0) is 12.5. The molecule has 0 bridgehead atoms. The predicted molar refractivity (Wildman–Crippen MR) is 62.5 cm³/mol. The van der Waals surface area contributed by atoms with Gasteiger partial charge < -0.3 is 10.4 Å². The van der Waals surface area contributed by atoms with Crippen molar-refractivity contribution >= 4 is 21.4 Å². The molecule has 0 unspecified atom stereocenters. The number of benzene rings is 1. The van der Waals surface area contributed by atoms with Crippen molar-refractivity contribution in [1.29, 1.82) is 0 Å². The number of sulfone groups is 1. The second-order valence-electron chi connectivity index (χ2n) is 3.91. The van der Waals surface area contributed by atoms with Crippen LogP contribution in [-0.4, -0.2) is 31.8 Å². The maximum atomic E-state index is 11.7. The molecule has 1 aromatic carbocycles. The maximum absolute atomic E-state index is 11.7. The highest BCUT2D eigenvalue weighted by Gasteiger charge is 2.19. The Morgan fingerprint density at radius 3 is 2.76 bits per heavy atom. The molecule has 1 aliphatic heterocycles. The number of aryl methyl sites for hydroxylation is 1. The molecule has 0 spiro atoms. The molecular formula is C11H13NO4S. The van der Waals surface area contributed by atoms with Crippen LogP contribution in [0.4, 0.5) is 5.69 Å². The average Bonchev–Trinajstić information content (AvgIpc) is 2.28. The van der Waals surface area contributed by atoms with E-state index in [9.17, 15) is 13.2 Å². The highest BCUT2D eigenvalue weighted by atomic mass is 32.2. The number of carbonyl (C=O) groups excluding carboxylic acids is 1. The van der Waals surface area contributed by atoms with E-state index in [2.05, 4.69) is 5.32 Å². The predicted octanol–water partition coefficient (Wildman–Crippen LogP) is 0.337. The van der Waals surface area contributed by atoms with Gasteiger partial charge in [0.15, 0.2) is 9.84 Å². The summed E-state index contributed by atoms with van der Waals surface area (Å²) in [5, 5.41) is 11.4. The highest BCUT2D eigenvalue weighted by Crippen LogP contribution is 2.25. The summed E-state index contributed by atoms with van der Waals surface area (Å²) in [6.07, 6.45) is 0.917. The van der Waals surface area contributed by atoms with Crippen molar-refractivity contribution in [2.45, 2.75) is 17.7 Å². The number of aliphatic hydroxyl groups excluding tert-OH is 1. The molecule has 0 atom stereocenters. The molecule has 0 radical (unpaired) electrons. The van der Waals surface area contributed by atoms with Crippen LogP contribution in [0.3, 0.4) is 0 Å². The Morgan fingerprint density at radius 2 is 2.06 bits per heavy atom. The standard InChI is InChI=1S/C11H13NO4S/c13-5-6-17(15,16)9-2-3-10-8(7-9)1-4-11(14)12-10/h2-3,7,13H,1,4-6H2,(H,12,14). The van der Waals surface area contributed by atoms with Gasteiger partial charge in [-0.3, -0.25) is 4.79 Å². The van der Waals surface area contributed by atoms with E-state index in [0.717, 1.165) is 5.56 Å². The number of hydrogen-bond donors (Lipinski definition) is 2. The maximum Gasteiger partial charge on any atom is 0.224 e. The largest absolute Gasteiger partial charge is 0.395 e. The van der Waals surface area contributed by atoms with E-state index in [-0.39, 0.29) is 16.6 Å². The lowest BCUT2D eigenvalue weighted by atomic mass is 10.0. The minimum Gasteiger partial charge on any atom is -0.395 e. The fourth-order valence-electron chi connectivity index (χ4n) is 1.79. The number of carbonyl (C=O) groups is 1. The summed E-state index contributed by atoms with van der Waals surface area (Å²) < 4.78 is 23.5. The Bertz CT molecular complexity index is 551. The topological polar surface area (TPSA) is 83.5 Å². The molecule has 6 heteroatoms. The second kappa shape index (κ2) is 4.46. The van der Waals surface area contributed by atoms with Crippen LogP contribution in [-0.2, 0) is 21.1 Å². The summed E-state index contributed by atoms with van der Waals surface area (Å²) in [7, 11) is -3.42. The van der Waals surface area contributed by atoms with Crippen molar-refractivity contribution in [2.75, 3.05) is 17.7 Å². The molecular weight excluding hydrogens is 242 g/mol. The molecule has 0 fully saturated rings. The smallest absolute Gasteiger partial charge is 0.224 e. The van der Waals surface area contributed by atoms with Crippen molar-refractivity contribution in [3.63, 3.8) is 0 Å². The van der Waals surface area contributed by atoms with Crippen LogP contribution >= 0.6 is 0 Å². The lowest BCUT2D eigenvalue weighted by Gasteiger charge is -2.17. The van der Waals surface area contributed by atoms with Crippen LogP contribution in [0, 0.1) is 0 Å². The van der Waals surface area contributed by atoms with Crippen LogP contribution in [0.15, 0.2) is 23.1 Å². The van der Waals surface area contributed by atoms with Gasteiger partial charge in [-0.05, 0) is 30.2 Å². The van der Waals surface area contributed by atoms with Gasteiger partial charge in [-0.25, -0.2) is 8.42 Å². The van der Waals surface area contributed by atoms with Crippen LogP contribution in [0.5, 0.6) is 0 Å². The van der Waals surface area contributed by atoms with Crippen molar-refractivity contribution in [2.24, 2.45) is 0 Å². The molecule has 1 amide bonds. The Balaban J connectivity index is 2.38. The second-order valence-corrected chi connectivity index (χ2v) is 6.02. The molecule has 1 aromatic rings. The first kappa shape index (κ1) is 12.1. The first-order valence-electron chi connectivity index (χ1n) is 5.29. The van der Waals surface area contributed by atoms with Crippen molar-refractivity contribution in [3.8, 4) is 0 Å². The highest BCUT2D eigenvalue weighted by molar-refractivity contribution is 7.91. The number of amides is 1. The van der Waals surface area contributed by atoms with E-state index in [1.54, 1.807) is 12.1 Å². The van der Waals surface area contributed by atoms with Crippen LogP contribution in [0.25, 0.3) is 0 Å². The number of fused-ring (bicyclic) bond motifs is 1. The summed E-state index contributed by atoms with van der Waals surface area (Å²) in [5.74, 6) is -0.332. The van der Waals surface area contributed by atoms with Gasteiger partial charge in [0.25, 0.3) is 0 Å². The lowest BCUT2D eigenvalue weighted by Crippen LogP contribution is -2.19. The van der Waals surface area contributed by atoms with E-state index in [1.165, 1.54) is 6.07 Å². The van der Waals surface area contributed by atoms with Gasteiger partial charge in [-0.1, -0.05) is 0 Å². The van der Waals surface area contributed by atoms with E-state index >= 15 is 0 Å². The Labute approximate surface area is 99.4 Å². The van der Waals surface area contributed by atoms with E-state index in [0.29, 0.717) is 18.5 Å². The van der Waals surface area contributed by atoms with Gasteiger partial charge in [0.1, 0.15) is 0 Å². The van der Waals surface area contributed by atoms with E-state index in [1.807, 2.05) is 0 Å². The number of aliphatic hydroxyl groups is 1. The Kier molecular flexibility index (Phi) is 3.17. The number of nitrogens with one attached hydrogen (secondary N) is 1. The van der Waals surface area contributed by atoms with E-state index in [4.69, 9.17) is 5.11 Å². The van der Waals surface area contributed by atoms with Crippen molar-refractivity contribution in [1.82, 2.24) is 0 Å². The van der Waals surface area contributed by atoms with Crippen molar-refractivity contribution < 1.29 is 18.3 Å². The third kappa shape index (κ3) is 2.48. The molecule has 1 aliphatic rings. The minimum absolute atomic E-state index is 0.0523. The number of hydrogen-bond acceptors (Lipinski definition) is 4. The molecule has 1 heterocycles. The summed E-state index contributed by atoms with van der Waals surface area (Å²) >= 11 is 0. The summed E-state index contributed by atoms with van der Waals surface area (Å²) in [5.41, 5.74) is 1.49. The van der Waals surface area contributed by atoms with Crippen LogP contribution < -0.4 is 5.32 Å². The van der Waals surface area contributed by atoms with Gasteiger partial charge in [-0.15, -0.1) is 0 Å². The first-order chi connectivity index (χ1) is 8.03. The van der Waals surface area contributed by atoms with Crippen molar-refractivity contribution in [3.05, 3.63) is 23.8 Å². The third-order valence-corrected chi connectivity index (χ3v) is 4.38.